The van der Waals surface area contributed by atoms with Gasteiger partial charge in [-0.1, -0.05) is 19.9 Å². The van der Waals surface area contributed by atoms with Gasteiger partial charge in [-0.3, -0.25) is 39.2 Å². The normalized spacial score (nSPS) is 21.2. The zero-order chi connectivity index (χ0) is 43.7. The molecule has 0 saturated carbocycles. The zero-order valence-electron chi connectivity index (χ0n) is 34.2. The maximum absolute atomic E-state index is 13.8. The average Bonchev–Trinajstić information content (AvgIpc) is 3.35. The van der Waals surface area contributed by atoms with Crippen LogP contribution in [0.3, 0.4) is 0 Å². The van der Waals surface area contributed by atoms with E-state index in [4.69, 9.17) is 17.0 Å². The van der Waals surface area contributed by atoms with Gasteiger partial charge in [0.25, 0.3) is 5.91 Å². The summed E-state index contributed by atoms with van der Waals surface area (Å²) in [5, 5.41) is 17.7. The first-order valence-electron chi connectivity index (χ1n) is 19.7. The van der Waals surface area contributed by atoms with Gasteiger partial charge in [-0.2, -0.15) is 18.4 Å². The van der Waals surface area contributed by atoms with E-state index in [1.54, 1.807) is 49.1 Å². The lowest BCUT2D eigenvalue weighted by Crippen LogP contribution is -2.58. The predicted octanol–water partition coefficient (Wildman–Crippen LogP) is 5.64. The van der Waals surface area contributed by atoms with Gasteiger partial charge in [0.15, 0.2) is 5.11 Å². The highest BCUT2D eigenvalue weighted by atomic mass is 32.1. The smallest absolute Gasteiger partial charge is 0.417 e. The molecule has 4 heterocycles. The number of halogens is 3. The summed E-state index contributed by atoms with van der Waals surface area (Å²) in [5.74, 6) is -1.00. The number of hydrogen-bond donors (Lipinski definition) is 3. The van der Waals surface area contributed by atoms with Gasteiger partial charge in [-0.25, -0.2) is 4.98 Å². The van der Waals surface area contributed by atoms with Crippen LogP contribution in [0.4, 0.5) is 35.9 Å². The molecule has 1 aromatic heterocycles. The molecule has 1 unspecified atom stereocenters. The van der Waals surface area contributed by atoms with Crippen LogP contribution in [0, 0.1) is 11.3 Å². The third kappa shape index (κ3) is 9.38. The zero-order valence-corrected chi connectivity index (χ0v) is 35.0. The van der Waals surface area contributed by atoms with E-state index >= 15 is 0 Å². The van der Waals surface area contributed by atoms with Gasteiger partial charge in [0.2, 0.25) is 23.6 Å². The Morgan fingerprint density at radius 3 is 2.43 bits per heavy atom. The van der Waals surface area contributed by atoms with Crippen LogP contribution in [0.2, 0.25) is 0 Å². The SMILES string of the molecule is CC(C)c1cc(N2C(=S)N(c3ccc(C#N)c(C(F)(F)F)c3)C(=O)C2(C)C)cnc1OCCN1C[C@@H](C)N(CC(=O)Nc2cccc(NC3CCC(=O)NC3=O)c2)C[C@H]1C. The third-order valence-corrected chi connectivity index (χ3v) is 11.4. The van der Waals surface area contributed by atoms with E-state index in [2.05, 4.69) is 44.6 Å². The van der Waals surface area contributed by atoms with Crippen LogP contribution in [0.25, 0.3) is 0 Å². The number of aromatic nitrogens is 1. The van der Waals surface area contributed by atoms with Crippen LogP contribution in [0.1, 0.15) is 77.0 Å². The molecule has 318 valence electrons. The summed E-state index contributed by atoms with van der Waals surface area (Å²) >= 11 is 5.72. The number of hydrogen-bond acceptors (Lipinski definition) is 11. The molecule has 3 saturated heterocycles. The molecule has 3 aliphatic heterocycles. The summed E-state index contributed by atoms with van der Waals surface area (Å²) < 4.78 is 47.7. The molecular formula is C42H48F3N9O5S. The van der Waals surface area contributed by atoms with Gasteiger partial charge in [-0.15, -0.1) is 0 Å². The molecule has 0 bridgehead atoms. The molecule has 3 N–H and O–H groups in total. The number of pyridine rings is 1. The highest BCUT2D eigenvalue weighted by molar-refractivity contribution is 7.81. The van der Waals surface area contributed by atoms with E-state index in [1.807, 2.05) is 19.9 Å². The number of thiocarbonyl (C=S) groups is 1. The minimum atomic E-state index is -4.81. The number of alkyl halides is 3. The number of ether oxygens (including phenoxy) is 1. The number of rotatable bonds is 12. The molecule has 3 aliphatic rings. The van der Waals surface area contributed by atoms with Crippen molar-refractivity contribution in [2.45, 2.75) is 90.1 Å². The number of nitriles is 1. The molecule has 60 heavy (non-hydrogen) atoms. The van der Waals surface area contributed by atoms with Gasteiger partial charge < -0.3 is 20.3 Å². The predicted molar refractivity (Wildman–Crippen MR) is 224 cm³/mol. The highest BCUT2D eigenvalue weighted by Crippen LogP contribution is 2.41. The molecule has 0 spiro atoms. The monoisotopic (exact) mass is 847 g/mol. The maximum atomic E-state index is 13.8. The summed E-state index contributed by atoms with van der Waals surface area (Å²) in [6, 6.07) is 13.2. The van der Waals surface area contributed by atoms with Crippen molar-refractivity contribution in [2.75, 3.05) is 53.2 Å². The van der Waals surface area contributed by atoms with Crippen LogP contribution in [-0.4, -0.2) is 100.0 Å². The van der Waals surface area contributed by atoms with Crippen LogP contribution in [-0.2, 0) is 25.4 Å². The number of benzene rings is 2. The number of piperidine rings is 1. The Balaban J connectivity index is 1.05. The molecular weight excluding hydrogens is 800 g/mol. The molecule has 14 nitrogen and oxygen atoms in total. The van der Waals surface area contributed by atoms with Crippen LogP contribution in [0.15, 0.2) is 54.7 Å². The van der Waals surface area contributed by atoms with Crippen molar-refractivity contribution in [3.05, 3.63) is 71.4 Å². The number of carbonyl (C=O) groups excluding carboxylic acids is 4. The van der Waals surface area contributed by atoms with Gasteiger partial charge in [0.1, 0.15) is 18.2 Å². The van der Waals surface area contributed by atoms with Gasteiger partial charge in [-0.05, 0) is 94.7 Å². The van der Waals surface area contributed by atoms with E-state index in [9.17, 15) is 37.6 Å². The molecule has 2 aromatic carbocycles. The molecule has 4 amide bonds. The molecule has 0 radical (unpaired) electrons. The Morgan fingerprint density at radius 1 is 1.05 bits per heavy atom. The lowest BCUT2D eigenvalue weighted by Gasteiger charge is -2.43. The quantitative estimate of drug-likeness (QED) is 0.152. The van der Waals surface area contributed by atoms with E-state index in [0.29, 0.717) is 55.6 Å². The van der Waals surface area contributed by atoms with Crippen LogP contribution < -0.4 is 30.5 Å². The van der Waals surface area contributed by atoms with E-state index < -0.39 is 34.8 Å². The highest BCUT2D eigenvalue weighted by Gasteiger charge is 2.51. The van der Waals surface area contributed by atoms with Crippen LogP contribution >= 0.6 is 12.2 Å². The van der Waals surface area contributed by atoms with Crippen molar-refractivity contribution in [3.63, 3.8) is 0 Å². The van der Waals surface area contributed by atoms with Crippen molar-refractivity contribution < 1.29 is 37.1 Å². The first-order valence-corrected chi connectivity index (χ1v) is 20.1. The Kier molecular flexibility index (Phi) is 12.8. The summed E-state index contributed by atoms with van der Waals surface area (Å²) in [7, 11) is 0. The first kappa shape index (κ1) is 43.9. The fourth-order valence-electron chi connectivity index (χ4n) is 7.74. The lowest BCUT2D eigenvalue weighted by molar-refractivity contribution is -0.138. The van der Waals surface area contributed by atoms with E-state index in [1.165, 1.54) is 12.3 Å². The Hall–Kier alpha value is -5.64. The fraction of sp³-hybridized carbons (Fsp3) is 0.452. The van der Waals surface area contributed by atoms with Gasteiger partial charge >= 0.3 is 6.18 Å². The standard InChI is InChI=1S/C42H48F3N9O5S/c1-24(2)32-17-31(54-40(60)53(39(58)41(54,5)6)30-11-10-27(19-46)33(18-30)42(43,44)45)20-47-38(32)59-15-14-51-21-26(4)52(22-25(51)3)23-36(56)49-29-9-7-8-28(16-29)48-34-12-13-35(55)50-37(34)57/h7-11,16-18,20,24-26,34,48H,12-15,21-23H2,1-6H3,(H,49,56)(H,50,55,57)/t25-,26-,34?/m1/s1. The fourth-order valence-corrected chi connectivity index (χ4v) is 8.26. The van der Waals surface area contributed by atoms with E-state index in [-0.39, 0.29) is 59.5 Å². The second-order valence-corrected chi connectivity index (χ2v) is 16.5. The van der Waals surface area contributed by atoms with Crippen LogP contribution in [0.5, 0.6) is 5.88 Å². The largest absolute Gasteiger partial charge is 0.476 e. The maximum Gasteiger partial charge on any atom is 0.417 e. The van der Waals surface area contributed by atoms with E-state index in [0.717, 1.165) is 22.6 Å². The Morgan fingerprint density at radius 2 is 1.75 bits per heavy atom. The summed E-state index contributed by atoms with van der Waals surface area (Å²) in [4.78, 5) is 62.3. The number of nitrogens with one attached hydrogen (secondary N) is 3. The number of amides is 4. The van der Waals surface area contributed by atoms with Crippen molar-refractivity contribution in [1.82, 2.24) is 20.1 Å². The number of carbonyl (C=O) groups is 4. The topological polar surface area (TPSA) is 163 Å². The number of anilines is 4. The van der Waals surface area contributed by atoms with Crippen molar-refractivity contribution >= 4 is 63.7 Å². The summed E-state index contributed by atoms with van der Waals surface area (Å²) in [6.45, 7) is 13.8. The van der Waals surface area contributed by atoms with Gasteiger partial charge in [0, 0.05) is 55.1 Å². The second kappa shape index (κ2) is 17.5. The van der Waals surface area contributed by atoms with Gasteiger partial charge in [0.05, 0.1) is 41.3 Å². The molecule has 6 rings (SSSR count). The third-order valence-electron chi connectivity index (χ3n) is 11.0. The molecule has 18 heteroatoms. The second-order valence-electron chi connectivity index (χ2n) is 16.1. The minimum absolute atomic E-state index is 0.0266. The van der Waals surface area contributed by atoms with Crippen molar-refractivity contribution in [1.29, 1.82) is 5.26 Å². The molecule has 0 aliphatic carbocycles. The number of piperazine rings is 1. The Labute approximate surface area is 352 Å². The summed E-state index contributed by atoms with van der Waals surface area (Å²) in [5.41, 5.74) is -0.620. The minimum Gasteiger partial charge on any atom is -0.476 e. The molecule has 3 atom stereocenters. The average molecular weight is 848 g/mol. The summed E-state index contributed by atoms with van der Waals surface area (Å²) in [6.07, 6.45) is -2.63. The molecule has 3 aromatic rings. The van der Waals surface area contributed by atoms with Crippen molar-refractivity contribution in [3.8, 4) is 11.9 Å². The lowest BCUT2D eigenvalue weighted by atomic mass is 10.0. The Bertz CT molecular complexity index is 2230. The first-order chi connectivity index (χ1) is 28.3. The van der Waals surface area contributed by atoms with Crippen molar-refractivity contribution in [2.24, 2.45) is 0 Å². The number of nitrogens with zero attached hydrogens (tertiary/aromatic N) is 6. The number of imide groups is 1. The molecule has 3 fully saturated rings.